The quantitative estimate of drug-likeness (QED) is 0.176. The van der Waals surface area contributed by atoms with Gasteiger partial charge in [-0.15, -0.1) is 23.2 Å². The first-order valence-electron chi connectivity index (χ1n) is 12.7. The number of esters is 1. The van der Waals surface area contributed by atoms with Crippen LogP contribution in [0.25, 0.3) is 0 Å². The first-order valence-corrected chi connectivity index (χ1v) is 13.5. The molecule has 0 unspecified atom stereocenters. The molecule has 4 aliphatic carbocycles. The SMILES string of the molecule is COCCOCOCC(=O)OCC(=O)[C@H]1CC[C@H]2[C@@H]3CCC4=CC(=O)C=C[C@]4(C)[C@@]3(Cl)[C@@H](Cl)C[C@]12C. The topological polar surface area (TPSA) is 88.1 Å². The number of halogens is 2. The molecule has 0 amide bonds. The van der Waals surface area contributed by atoms with Crippen LogP contribution in [0.1, 0.15) is 46.0 Å². The van der Waals surface area contributed by atoms with Crippen molar-refractivity contribution < 1.29 is 33.3 Å². The summed E-state index contributed by atoms with van der Waals surface area (Å²) < 4.78 is 20.3. The first-order chi connectivity index (χ1) is 17.1. The number of ketones is 2. The Labute approximate surface area is 222 Å². The highest BCUT2D eigenvalue weighted by Gasteiger charge is 2.69. The lowest BCUT2D eigenvalue weighted by molar-refractivity contribution is -0.159. The zero-order valence-corrected chi connectivity index (χ0v) is 22.7. The Morgan fingerprint density at radius 3 is 2.61 bits per heavy atom. The van der Waals surface area contributed by atoms with Crippen molar-refractivity contribution in [2.75, 3.05) is 40.3 Å². The van der Waals surface area contributed by atoms with Gasteiger partial charge in [0.25, 0.3) is 0 Å². The van der Waals surface area contributed by atoms with Gasteiger partial charge in [0, 0.05) is 18.4 Å². The number of allylic oxidation sites excluding steroid dienone is 4. The average molecular weight is 543 g/mol. The van der Waals surface area contributed by atoms with E-state index in [0.29, 0.717) is 19.6 Å². The van der Waals surface area contributed by atoms with Crippen molar-refractivity contribution in [1.29, 1.82) is 0 Å². The van der Waals surface area contributed by atoms with Gasteiger partial charge < -0.3 is 18.9 Å². The van der Waals surface area contributed by atoms with Crippen molar-refractivity contribution in [3.05, 3.63) is 23.8 Å². The second kappa shape index (κ2) is 10.9. The van der Waals surface area contributed by atoms with Crippen LogP contribution in [-0.4, -0.2) is 68.1 Å². The molecule has 0 N–H and O–H groups in total. The Kier molecular flexibility index (Phi) is 8.37. The minimum absolute atomic E-state index is 0.00180. The normalized spacial score (nSPS) is 39.1. The molecule has 0 saturated heterocycles. The summed E-state index contributed by atoms with van der Waals surface area (Å²) in [5, 5.41) is -0.376. The number of carbonyl (C=O) groups excluding carboxylic acids is 3. The summed E-state index contributed by atoms with van der Waals surface area (Å²) in [4.78, 5) is 36.6. The van der Waals surface area contributed by atoms with E-state index in [1.807, 2.05) is 6.08 Å². The fraction of sp³-hybridized carbons (Fsp3) is 0.741. The van der Waals surface area contributed by atoms with Crippen molar-refractivity contribution >= 4 is 40.7 Å². The third kappa shape index (κ3) is 4.71. The third-order valence-electron chi connectivity index (χ3n) is 9.18. The van der Waals surface area contributed by atoms with Crippen LogP contribution in [0.15, 0.2) is 23.8 Å². The second-order valence-electron chi connectivity index (χ2n) is 10.9. The van der Waals surface area contributed by atoms with Crippen LogP contribution in [-0.2, 0) is 33.3 Å². The highest BCUT2D eigenvalue weighted by Crippen LogP contribution is 2.70. The molecule has 0 aliphatic heterocycles. The minimum atomic E-state index is -0.729. The summed E-state index contributed by atoms with van der Waals surface area (Å²) in [6, 6.07) is 0. The summed E-state index contributed by atoms with van der Waals surface area (Å²) in [6.07, 6.45) is 9.12. The molecule has 0 aromatic heterocycles. The maximum Gasteiger partial charge on any atom is 0.332 e. The molecule has 3 saturated carbocycles. The molecule has 0 heterocycles. The summed E-state index contributed by atoms with van der Waals surface area (Å²) in [6.45, 7) is 4.44. The molecule has 7 nitrogen and oxygen atoms in total. The number of fused-ring (bicyclic) bond motifs is 5. The predicted octanol–water partition coefficient (Wildman–Crippen LogP) is 4.24. The monoisotopic (exact) mass is 542 g/mol. The molecular formula is C27H36Cl2O7. The van der Waals surface area contributed by atoms with E-state index in [0.717, 1.165) is 31.3 Å². The lowest BCUT2D eigenvalue weighted by atomic mass is 9.47. The van der Waals surface area contributed by atoms with Crippen LogP contribution in [0.5, 0.6) is 0 Å². The van der Waals surface area contributed by atoms with Crippen molar-refractivity contribution in [3.8, 4) is 0 Å². The van der Waals surface area contributed by atoms with Gasteiger partial charge in [0.2, 0.25) is 0 Å². The summed E-state index contributed by atoms with van der Waals surface area (Å²) in [5.41, 5.74) is 0.236. The van der Waals surface area contributed by atoms with Gasteiger partial charge in [0.15, 0.2) is 11.6 Å². The number of alkyl halides is 2. The standard InChI is InChI=1S/C27H36Cl2O7/c1-25-13-23(28)27(29)20(5-4-17-12-18(30)8-9-26(17,27)2)19(25)6-7-21(25)22(31)14-36-24(32)15-35-16-34-11-10-33-3/h8-9,12,19-21,23H,4-7,10-11,13-16H2,1-3H3/t19-,20-,21+,23-,25-,26-,27-/m0/s1. The van der Waals surface area contributed by atoms with Gasteiger partial charge in [0.1, 0.15) is 20.0 Å². The Bertz CT molecular complexity index is 948. The smallest absolute Gasteiger partial charge is 0.332 e. The number of rotatable bonds is 10. The van der Waals surface area contributed by atoms with Gasteiger partial charge in [-0.3, -0.25) is 9.59 Å². The Hall–Kier alpha value is -1.25. The predicted molar refractivity (Wildman–Crippen MR) is 135 cm³/mol. The molecule has 3 fully saturated rings. The highest BCUT2D eigenvalue weighted by atomic mass is 35.5. The zero-order chi connectivity index (χ0) is 26.1. The number of methoxy groups -OCH3 is 1. The van der Waals surface area contributed by atoms with E-state index in [1.54, 1.807) is 19.3 Å². The van der Waals surface area contributed by atoms with Crippen molar-refractivity contribution in [2.45, 2.75) is 56.2 Å². The van der Waals surface area contributed by atoms with E-state index in [-0.39, 0.29) is 60.1 Å². The number of hydrogen-bond donors (Lipinski definition) is 0. The summed E-state index contributed by atoms with van der Waals surface area (Å²) in [5.74, 6) is -0.585. The van der Waals surface area contributed by atoms with Crippen LogP contribution in [0, 0.1) is 28.6 Å². The molecular weight excluding hydrogens is 507 g/mol. The van der Waals surface area contributed by atoms with Crippen molar-refractivity contribution in [2.24, 2.45) is 28.6 Å². The molecule has 9 heteroatoms. The second-order valence-corrected chi connectivity index (χ2v) is 12.1. The number of Topliss-reactive ketones (excluding diaryl/α,β-unsaturated/α-hetero) is 1. The summed E-state index contributed by atoms with van der Waals surface area (Å²) >= 11 is 14.6. The Morgan fingerprint density at radius 2 is 1.86 bits per heavy atom. The molecule has 7 atom stereocenters. The van der Waals surface area contributed by atoms with Crippen molar-refractivity contribution in [3.63, 3.8) is 0 Å². The zero-order valence-electron chi connectivity index (χ0n) is 21.2. The van der Waals surface area contributed by atoms with Crippen LogP contribution >= 0.6 is 23.2 Å². The third-order valence-corrected chi connectivity index (χ3v) is 10.7. The maximum absolute atomic E-state index is 13.2. The number of ether oxygens (including phenoxy) is 4. The van der Waals surface area contributed by atoms with E-state index in [9.17, 15) is 14.4 Å². The van der Waals surface area contributed by atoms with Gasteiger partial charge in [-0.2, -0.15) is 0 Å². The molecule has 0 radical (unpaired) electrons. The molecule has 4 aliphatic rings. The largest absolute Gasteiger partial charge is 0.456 e. The van der Waals surface area contributed by atoms with Gasteiger partial charge in [-0.05, 0) is 61.5 Å². The van der Waals surface area contributed by atoms with E-state index in [2.05, 4.69) is 13.8 Å². The van der Waals surface area contributed by atoms with Gasteiger partial charge in [0.05, 0.1) is 23.5 Å². The van der Waals surface area contributed by atoms with Gasteiger partial charge in [-0.1, -0.05) is 25.5 Å². The number of hydrogen-bond acceptors (Lipinski definition) is 7. The lowest BCUT2D eigenvalue weighted by Crippen LogP contribution is -2.64. The maximum atomic E-state index is 13.2. The fourth-order valence-corrected chi connectivity index (χ4v) is 8.59. The van der Waals surface area contributed by atoms with E-state index in [4.69, 9.17) is 42.1 Å². The molecule has 36 heavy (non-hydrogen) atoms. The minimum Gasteiger partial charge on any atom is -0.456 e. The van der Waals surface area contributed by atoms with E-state index < -0.39 is 16.3 Å². The summed E-state index contributed by atoms with van der Waals surface area (Å²) in [7, 11) is 1.57. The molecule has 4 rings (SSSR count). The Balaban J connectivity index is 1.39. The van der Waals surface area contributed by atoms with Gasteiger partial charge in [-0.25, -0.2) is 4.79 Å². The average Bonchev–Trinajstić information content (AvgIpc) is 3.17. The van der Waals surface area contributed by atoms with Crippen LogP contribution in [0.2, 0.25) is 0 Å². The molecule has 0 bridgehead atoms. The van der Waals surface area contributed by atoms with E-state index >= 15 is 0 Å². The van der Waals surface area contributed by atoms with Gasteiger partial charge >= 0.3 is 5.97 Å². The van der Waals surface area contributed by atoms with Crippen LogP contribution in [0.4, 0.5) is 0 Å². The fourth-order valence-electron chi connectivity index (χ4n) is 7.35. The Morgan fingerprint density at radius 1 is 1.08 bits per heavy atom. The molecule has 0 spiro atoms. The lowest BCUT2D eigenvalue weighted by Gasteiger charge is -2.63. The first kappa shape index (κ1) is 27.8. The molecule has 0 aromatic carbocycles. The van der Waals surface area contributed by atoms with Crippen LogP contribution in [0.3, 0.4) is 0 Å². The molecule has 0 aromatic rings. The van der Waals surface area contributed by atoms with Crippen LogP contribution < -0.4 is 0 Å². The molecule has 200 valence electrons. The van der Waals surface area contributed by atoms with E-state index in [1.165, 1.54) is 0 Å². The highest BCUT2D eigenvalue weighted by molar-refractivity contribution is 6.34. The van der Waals surface area contributed by atoms with Crippen molar-refractivity contribution in [1.82, 2.24) is 0 Å². The number of carbonyl (C=O) groups is 3.